The molecule has 0 radical (unpaired) electrons. The van der Waals surface area contributed by atoms with E-state index in [2.05, 4.69) is 70.8 Å². The fourth-order valence-corrected chi connectivity index (χ4v) is 5.47. The lowest BCUT2D eigenvalue weighted by molar-refractivity contribution is -0.115. The number of aryl methyl sites for hydroxylation is 1. The molecule has 0 saturated heterocycles. The number of carbonyl (C=O) groups excluding carboxylic acids is 1. The Morgan fingerprint density at radius 1 is 0.881 bits per heavy atom. The molecule has 1 amide bonds. The first kappa shape index (κ1) is 29.3. The minimum atomic E-state index is -0.0294. The number of nitrogens with one attached hydrogen (secondary N) is 2. The number of hydrogen-bond donors (Lipinski definition) is 2. The third kappa shape index (κ3) is 6.81. The zero-order valence-corrected chi connectivity index (χ0v) is 24.8. The monoisotopic (exact) mass is 576 g/mol. The maximum atomic E-state index is 12.8. The van der Waals surface area contributed by atoms with E-state index in [1.165, 1.54) is 16.7 Å². The second-order valence-electron chi connectivity index (χ2n) is 10.8. The van der Waals surface area contributed by atoms with Gasteiger partial charge in [0.25, 0.3) is 0 Å². The van der Waals surface area contributed by atoms with Gasteiger partial charge in [-0.2, -0.15) is 0 Å². The highest BCUT2D eigenvalue weighted by Crippen LogP contribution is 2.26. The van der Waals surface area contributed by atoms with Gasteiger partial charge in [0.2, 0.25) is 5.91 Å². The van der Waals surface area contributed by atoms with E-state index < -0.39 is 0 Å². The number of imidazole rings is 1. The number of halogens is 1. The minimum Gasteiger partial charge on any atom is -0.326 e. The summed E-state index contributed by atoms with van der Waals surface area (Å²) < 4.78 is 2.25. The number of fused-ring (bicyclic) bond motifs is 1. The summed E-state index contributed by atoms with van der Waals surface area (Å²) in [6.07, 6.45) is 6.72. The second kappa shape index (κ2) is 13.6. The van der Waals surface area contributed by atoms with Crippen LogP contribution in [0.3, 0.4) is 0 Å². The van der Waals surface area contributed by atoms with Crippen LogP contribution in [0.15, 0.2) is 103 Å². The molecule has 1 aromatic heterocycles. The Bertz CT molecular complexity index is 1630. The number of unbranched alkanes of at least 4 members (excludes halogenated alkanes) is 1. The molecule has 42 heavy (non-hydrogen) atoms. The Hall–Kier alpha value is -4.19. The zero-order valence-electron chi connectivity index (χ0n) is 24.0. The van der Waals surface area contributed by atoms with Gasteiger partial charge in [-0.1, -0.05) is 86.1 Å². The van der Waals surface area contributed by atoms with Crippen LogP contribution in [0.25, 0.3) is 28.1 Å². The van der Waals surface area contributed by atoms with Crippen LogP contribution in [0.5, 0.6) is 0 Å². The number of nitrogens with zero attached hydrogens (tertiary/aromatic N) is 2. The number of amides is 1. The third-order valence-electron chi connectivity index (χ3n) is 7.78. The number of rotatable bonds is 9. The Morgan fingerprint density at radius 3 is 2.38 bits per heavy atom. The summed E-state index contributed by atoms with van der Waals surface area (Å²) in [4.78, 5) is 17.8. The Labute approximate surface area is 254 Å². The predicted molar refractivity (Wildman–Crippen MR) is 174 cm³/mol. The van der Waals surface area contributed by atoms with Crippen LogP contribution in [-0.4, -0.2) is 22.0 Å². The molecule has 0 fully saturated rings. The normalized spacial score (nSPS) is 12.3. The van der Waals surface area contributed by atoms with Gasteiger partial charge in [0, 0.05) is 36.1 Å². The van der Waals surface area contributed by atoms with Crippen molar-refractivity contribution in [3.05, 3.63) is 126 Å². The standard InChI is InChI=1S/C36H36N4O.ClH/c1-2-3-9-35-39-34(25-40(35)33-19-16-29-20-21-37-24-31(29)23-33)30-14-17-32(18-15-30)38-36(41)22-26-10-12-28(13-11-26)27-7-5-4-6-8-27;/h4-8,10-19,23,25,37H,2-3,9,20-22,24H2,1H3,(H,38,41);1H. The molecule has 1 aliphatic rings. The van der Waals surface area contributed by atoms with Crippen molar-refractivity contribution in [3.63, 3.8) is 0 Å². The molecule has 5 nitrogen and oxygen atoms in total. The van der Waals surface area contributed by atoms with E-state index in [0.717, 1.165) is 78.4 Å². The zero-order chi connectivity index (χ0) is 28.0. The number of aromatic nitrogens is 2. The van der Waals surface area contributed by atoms with Gasteiger partial charge in [0.15, 0.2) is 0 Å². The van der Waals surface area contributed by atoms with Crippen LogP contribution in [0.2, 0.25) is 0 Å². The summed E-state index contributed by atoms with van der Waals surface area (Å²) in [5.41, 5.74) is 10.0. The molecule has 0 bridgehead atoms. The van der Waals surface area contributed by atoms with Crippen molar-refractivity contribution in [2.24, 2.45) is 0 Å². The number of hydrogen-bond acceptors (Lipinski definition) is 3. The maximum Gasteiger partial charge on any atom is 0.228 e. The fraction of sp³-hybridized carbons (Fsp3) is 0.222. The largest absolute Gasteiger partial charge is 0.326 e. The van der Waals surface area contributed by atoms with Crippen molar-refractivity contribution in [1.29, 1.82) is 0 Å². The average Bonchev–Trinajstić information content (AvgIpc) is 3.45. The quantitative estimate of drug-likeness (QED) is 0.188. The molecule has 2 N–H and O–H groups in total. The average molecular weight is 577 g/mol. The van der Waals surface area contributed by atoms with E-state index in [0.29, 0.717) is 6.42 Å². The van der Waals surface area contributed by atoms with Gasteiger partial charge in [-0.15, -0.1) is 12.4 Å². The van der Waals surface area contributed by atoms with Crippen LogP contribution < -0.4 is 10.6 Å². The summed E-state index contributed by atoms with van der Waals surface area (Å²) in [6.45, 7) is 4.17. The van der Waals surface area contributed by atoms with Crippen molar-refractivity contribution in [2.45, 2.75) is 45.6 Å². The fourth-order valence-electron chi connectivity index (χ4n) is 5.47. The summed E-state index contributed by atoms with van der Waals surface area (Å²) in [6, 6.07) is 33.2. The van der Waals surface area contributed by atoms with Crippen molar-refractivity contribution < 1.29 is 4.79 Å². The molecule has 1 aliphatic heterocycles. The van der Waals surface area contributed by atoms with Crippen LogP contribution in [0, 0.1) is 0 Å². The van der Waals surface area contributed by atoms with E-state index in [9.17, 15) is 4.79 Å². The molecule has 4 aromatic carbocycles. The van der Waals surface area contributed by atoms with Crippen LogP contribution in [0.4, 0.5) is 5.69 Å². The molecule has 6 rings (SSSR count). The van der Waals surface area contributed by atoms with E-state index in [1.54, 1.807) is 0 Å². The smallest absolute Gasteiger partial charge is 0.228 e. The Kier molecular flexibility index (Phi) is 9.52. The van der Waals surface area contributed by atoms with Gasteiger partial charge < -0.3 is 15.2 Å². The van der Waals surface area contributed by atoms with Crippen molar-refractivity contribution in [2.75, 3.05) is 11.9 Å². The van der Waals surface area contributed by atoms with Gasteiger partial charge in [0.1, 0.15) is 5.82 Å². The lowest BCUT2D eigenvalue weighted by Gasteiger charge is -2.18. The predicted octanol–water partition coefficient (Wildman–Crippen LogP) is 7.80. The van der Waals surface area contributed by atoms with Crippen molar-refractivity contribution in [3.8, 4) is 28.1 Å². The SMILES string of the molecule is CCCCc1nc(-c2ccc(NC(=O)Cc3ccc(-c4ccccc4)cc3)cc2)cn1-c1ccc2c(c1)CNCC2.Cl. The summed E-state index contributed by atoms with van der Waals surface area (Å²) >= 11 is 0. The van der Waals surface area contributed by atoms with Gasteiger partial charge in [-0.05, 0) is 71.5 Å². The molecular weight excluding hydrogens is 540 g/mol. The highest BCUT2D eigenvalue weighted by Gasteiger charge is 2.15. The van der Waals surface area contributed by atoms with Crippen LogP contribution in [0.1, 0.15) is 42.3 Å². The first-order valence-electron chi connectivity index (χ1n) is 14.6. The third-order valence-corrected chi connectivity index (χ3v) is 7.78. The number of carbonyl (C=O) groups is 1. The molecule has 0 saturated carbocycles. The number of anilines is 1. The van der Waals surface area contributed by atoms with E-state index >= 15 is 0 Å². The van der Waals surface area contributed by atoms with Gasteiger partial charge >= 0.3 is 0 Å². The molecule has 0 unspecified atom stereocenters. The topological polar surface area (TPSA) is 59.0 Å². The highest BCUT2D eigenvalue weighted by molar-refractivity contribution is 5.92. The van der Waals surface area contributed by atoms with Gasteiger partial charge in [-0.25, -0.2) is 4.98 Å². The molecule has 0 atom stereocenters. The van der Waals surface area contributed by atoms with Crippen LogP contribution >= 0.6 is 12.4 Å². The maximum absolute atomic E-state index is 12.8. The molecule has 5 aromatic rings. The first-order valence-corrected chi connectivity index (χ1v) is 14.6. The lowest BCUT2D eigenvalue weighted by atomic mass is 10.0. The van der Waals surface area contributed by atoms with Crippen molar-refractivity contribution in [1.82, 2.24) is 14.9 Å². The Balaban J connectivity index is 0.00000353. The van der Waals surface area contributed by atoms with Gasteiger partial charge in [-0.3, -0.25) is 4.79 Å². The Morgan fingerprint density at radius 2 is 1.62 bits per heavy atom. The summed E-state index contributed by atoms with van der Waals surface area (Å²) in [5.74, 6) is 1.06. The lowest BCUT2D eigenvalue weighted by Crippen LogP contribution is -2.23. The second-order valence-corrected chi connectivity index (χ2v) is 10.8. The van der Waals surface area contributed by atoms with E-state index in [1.807, 2.05) is 54.6 Å². The molecule has 0 aliphatic carbocycles. The first-order chi connectivity index (χ1) is 20.2. The summed E-state index contributed by atoms with van der Waals surface area (Å²) in [7, 11) is 0. The highest BCUT2D eigenvalue weighted by atomic mass is 35.5. The number of benzene rings is 4. The van der Waals surface area contributed by atoms with Crippen LogP contribution in [-0.2, 0) is 30.6 Å². The van der Waals surface area contributed by atoms with E-state index in [-0.39, 0.29) is 18.3 Å². The summed E-state index contributed by atoms with van der Waals surface area (Å²) in [5, 5.41) is 6.53. The minimum absolute atomic E-state index is 0. The molecule has 0 spiro atoms. The van der Waals surface area contributed by atoms with Gasteiger partial charge in [0.05, 0.1) is 12.1 Å². The molecule has 214 valence electrons. The molecule has 6 heteroatoms. The van der Waals surface area contributed by atoms with E-state index in [4.69, 9.17) is 4.98 Å². The molecular formula is C36H37ClN4O. The van der Waals surface area contributed by atoms with Crippen molar-refractivity contribution >= 4 is 24.0 Å². The molecule has 2 heterocycles.